The summed E-state index contributed by atoms with van der Waals surface area (Å²) in [6.07, 6.45) is 0.782. The number of aryl methyl sites for hydroxylation is 1. The summed E-state index contributed by atoms with van der Waals surface area (Å²) < 4.78 is 19.5. The van der Waals surface area contributed by atoms with Gasteiger partial charge in [-0.05, 0) is 30.2 Å². The van der Waals surface area contributed by atoms with Crippen LogP contribution in [-0.2, 0) is 6.42 Å². The largest absolute Gasteiger partial charge is 0.456 e. The number of benzene rings is 2. The number of hydrogen-bond acceptors (Lipinski definition) is 3. The molecule has 2 aromatic rings. The Morgan fingerprint density at radius 1 is 1.20 bits per heavy atom. The molecule has 0 unspecified atom stereocenters. The van der Waals surface area contributed by atoms with Crippen molar-refractivity contribution in [3.8, 4) is 11.5 Å². The Balaban J connectivity index is 2.46. The molecule has 3 N–H and O–H groups in total. The number of hydrogen-bond donors (Lipinski definition) is 2. The lowest BCUT2D eigenvalue weighted by Gasteiger charge is -2.13. The number of para-hydroxylation sites is 1. The molecule has 104 valence electrons. The fraction of sp³-hybridized carbons (Fsp3) is 0.133. The number of nitrogens with zero attached hydrogens (tertiary/aromatic N) is 1. The second-order valence-corrected chi connectivity index (χ2v) is 4.16. The van der Waals surface area contributed by atoms with Crippen LogP contribution in [0.4, 0.5) is 4.39 Å². The van der Waals surface area contributed by atoms with Crippen LogP contribution >= 0.6 is 0 Å². The van der Waals surface area contributed by atoms with E-state index in [9.17, 15) is 4.39 Å². The van der Waals surface area contributed by atoms with Crippen LogP contribution in [0.15, 0.2) is 47.6 Å². The van der Waals surface area contributed by atoms with Crippen molar-refractivity contribution in [1.29, 1.82) is 0 Å². The fourth-order valence-electron chi connectivity index (χ4n) is 1.90. The van der Waals surface area contributed by atoms with Crippen LogP contribution in [0.2, 0.25) is 0 Å². The number of amidine groups is 1. The molecule has 0 fully saturated rings. The predicted molar refractivity (Wildman–Crippen MR) is 74.8 cm³/mol. The summed E-state index contributed by atoms with van der Waals surface area (Å²) in [5, 5.41) is 11.6. The van der Waals surface area contributed by atoms with E-state index in [1.165, 1.54) is 12.1 Å². The van der Waals surface area contributed by atoms with Crippen LogP contribution in [-0.4, -0.2) is 11.0 Å². The van der Waals surface area contributed by atoms with Gasteiger partial charge in [0.15, 0.2) is 5.84 Å². The highest BCUT2D eigenvalue weighted by Gasteiger charge is 2.15. The molecular formula is C15H15FN2O2. The standard InChI is InChI=1S/C15H15FN2O2/c1-2-10-6-3-4-8-12(10)20-13-9-5-7-11(16)14(13)15(17)18-19/h3-9,19H,2H2,1H3,(H2,17,18). The molecule has 0 aliphatic carbocycles. The summed E-state index contributed by atoms with van der Waals surface area (Å²) in [7, 11) is 0. The van der Waals surface area contributed by atoms with E-state index >= 15 is 0 Å². The molecule has 0 radical (unpaired) electrons. The third-order valence-electron chi connectivity index (χ3n) is 2.91. The maximum atomic E-state index is 13.8. The third-order valence-corrected chi connectivity index (χ3v) is 2.91. The summed E-state index contributed by atoms with van der Waals surface area (Å²) in [4.78, 5) is 0. The van der Waals surface area contributed by atoms with Crippen molar-refractivity contribution in [3.05, 3.63) is 59.4 Å². The van der Waals surface area contributed by atoms with E-state index in [4.69, 9.17) is 15.7 Å². The van der Waals surface area contributed by atoms with Gasteiger partial charge in [-0.1, -0.05) is 36.3 Å². The molecule has 0 saturated heterocycles. The van der Waals surface area contributed by atoms with Crippen molar-refractivity contribution in [2.75, 3.05) is 0 Å². The van der Waals surface area contributed by atoms with E-state index in [2.05, 4.69) is 5.16 Å². The molecule has 0 aliphatic rings. The van der Waals surface area contributed by atoms with Crippen molar-refractivity contribution < 1.29 is 14.3 Å². The fourth-order valence-corrected chi connectivity index (χ4v) is 1.90. The van der Waals surface area contributed by atoms with E-state index in [1.54, 1.807) is 12.1 Å². The number of halogens is 1. The van der Waals surface area contributed by atoms with E-state index in [1.807, 2.05) is 25.1 Å². The van der Waals surface area contributed by atoms with Crippen molar-refractivity contribution in [2.45, 2.75) is 13.3 Å². The summed E-state index contributed by atoms with van der Waals surface area (Å²) in [5.41, 5.74) is 6.43. The Morgan fingerprint density at radius 2 is 1.90 bits per heavy atom. The van der Waals surface area contributed by atoms with Gasteiger partial charge in [0.1, 0.15) is 17.3 Å². The summed E-state index contributed by atoms with van der Waals surface area (Å²) in [6, 6.07) is 11.8. The highest BCUT2D eigenvalue weighted by atomic mass is 19.1. The highest BCUT2D eigenvalue weighted by molar-refractivity contribution is 5.99. The van der Waals surface area contributed by atoms with E-state index in [0.717, 1.165) is 12.0 Å². The average Bonchev–Trinajstić information content (AvgIpc) is 2.47. The zero-order chi connectivity index (χ0) is 14.5. The first-order valence-corrected chi connectivity index (χ1v) is 6.19. The van der Waals surface area contributed by atoms with E-state index in [-0.39, 0.29) is 17.1 Å². The Kier molecular flexibility index (Phi) is 4.20. The Hall–Kier alpha value is -2.56. The third kappa shape index (κ3) is 2.71. The van der Waals surface area contributed by atoms with Crippen LogP contribution < -0.4 is 10.5 Å². The van der Waals surface area contributed by atoms with Gasteiger partial charge in [-0.25, -0.2) is 4.39 Å². The van der Waals surface area contributed by atoms with Gasteiger partial charge in [0.25, 0.3) is 0 Å². The first kappa shape index (κ1) is 13.9. The Morgan fingerprint density at radius 3 is 2.60 bits per heavy atom. The van der Waals surface area contributed by atoms with Gasteiger partial charge in [-0.2, -0.15) is 0 Å². The Bertz CT molecular complexity index is 642. The maximum absolute atomic E-state index is 13.8. The van der Waals surface area contributed by atoms with Gasteiger partial charge >= 0.3 is 0 Å². The minimum atomic E-state index is -0.605. The minimum Gasteiger partial charge on any atom is -0.456 e. The zero-order valence-corrected chi connectivity index (χ0v) is 11.0. The highest BCUT2D eigenvalue weighted by Crippen LogP contribution is 2.29. The van der Waals surface area contributed by atoms with Gasteiger partial charge in [0, 0.05) is 0 Å². The molecule has 0 aromatic heterocycles. The van der Waals surface area contributed by atoms with Crippen LogP contribution in [0, 0.1) is 5.82 Å². The molecule has 0 spiro atoms. The first-order chi connectivity index (χ1) is 9.67. The average molecular weight is 274 g/mol. The number of rotatable bonds is 4. The second-order valence-electron chi connectivity index (χ2n) is 4.16. The molecule has 2 rings (SSSR count). The topological polar surface area (TPSA) is 67.8 Å². The zero-order valence-electron chi connectivity index (χ0n) is 11.0. The minimum absolute atomic E-state index is 0.0547. The molecule has 20 heavy (non-hydrogen) atoms. The van der Waals surface area contributed by atoms with Gasteiger partial charge in [0.2, 0.25) is 0 Å². The predicted octanol–water partition coefficient (Wildman–Crippen LogP) is 3.27. The Labute approximate surface area is 116 Å². The smallest absolute Gasteiger partial charge is 0.176 e. The number of oxime groups is 1. The monoisotopic (exact) mass is 274 g/mol. The lowest BCUT2D eigenvalue weighted by atomic mass is 10.1. The number of ether oxygens (including phenoxy) is 1. The second kappa shape index (κ2) is 6.06. The molecule has 5 heteroatoms. The van der Waals surface area contributed by atoms with Crippen LogP contribution in [0.1, 0.15) is 18.1 Å². The van der Waals surface area contributed by atoms with Crippen LogP contribution in [0.3, 0.4) is 0 Å². The molecular weight excluding hydrogens is 259 g/mol. The van der Waals surface area contributed by atoms with Gasteiger partial charge in [-0.3, -0.25) is 0 Å². The van der Waals surface area contributed by atoms with Crippen LogP contribution in [0.5, 0.6) is 11.5 Å². The summed E-state index contributed by atoms with van der Waals surface area (Å²) >= 11 is 0. The molecule has 0 heterocycles. The van der Waals surface area contributed by atoms with E-state index in [0.29, 0.717) is 5.75 Å². The van der Waals surface area contributed by atoms with Crippen molar-refractivity contribution in [3.63, 3.8) is 0 Å². The van der Waals surface area contributed by atoms with Gasteiger partial charge < -0.3 is 15.7 Å². The summed E-state index contributed by atoms with van der Waals surface area (Å²) in [6.45, 7) is 2.00. The molecule has 0 atom stereocenters. The van der Waals surface area contributed by atoms with Gasteiger partial charge in [-0.15, -0.1) is 0 Å². The first-order valence-electron chi connectivity index (χ1n) is 6.19. The lowest BCUT2D eigenvalue weighted by Crippen LogP contribution is -2.16. The molecule has 0 saturated carbocycles. The lowest BCUT2D eigenvalue weighted by molar-refractivity contribution is 0.318. The van der Waals surface area contributed by atoms with Gasteiger partial charge in [0.05, 0.1) is 5.56 Å². The van der Waals surface area contributed by atoms with Crippen LogP contribution in [0.25, 0.3) is 0 Å². The van der Waals surface area contributed by atoms with Crippen molar-refractivity contribution in [2.24, 2.45) is 10.9 Å². The summed E-state index contributed by atoms with van der Waals surface area (Å²) in [5.74, 6) is -0.104. The molecule has 0 bridgehead atoms. The number of nitrogens with two attached hydrogens (primary N) is 1. The molecule has 4 nitrogen and oxygen atoms in total. The van der Waals surface area contributed by atoms with E-state index < -0.39 is 5.82 Å². The SMILES string of the molecule is CCc1ccccc1Oc1cccc(F)c1C(N)=NO. The molecule has 2 aromatic carbocycles. The quantitative estimate of drug-likeness (QED) is 0.389. The normalized spacial score (nSPS) is 11.4. The molecule has 0 amide bonds. The van der Waals surface area contributed by atoms with Crippen molar-refractivity contribution >= 4 is 5.84 Å². The van der Waals surface area contributed by atoms with Crippen molar-refractivity contribution in [1.82, 2.24) is 0 Å². The molecule has 0 aliphatic heterocycles. The maximum Gasteiger partial charge on any atom is 0.176 e.